The minimum absolute atomic E-state index is 0.121. The molecule has 5 nitrogen and oxygen atoms in total. The first kappa shape index (κ1) is 12.5. The summed E-state index contributed by atoms with van der Waals surface area (Å²) in [6.45, 7) is 0. The normalized spacial score (nSPS) is 12.9. The van der Waals surface area contributed by atoms with Crippen molar-refractivity contribution in [1.82, 2.24) is 4.98 Å². The van der Waals surface area contributed by atoms with Crippen LogP contribution in [-0.2, 0) is 9.59 Å². The summed E-state index contributed by atoms with van der Waals surface area (Å²) in [7, 11) is 0. The van der Waals surface area contributed by atoms with Gasteiger partial charge in [0.05, 0.1) is 5.56 Å². The summed E-state index contributed by atoms with van der Waals surface area (Å²) < 4.78 is 0. The first-order chi connectivity index (χ1) is 8.09. The third-order valence-corrected chi connectivity index (χ3v) is 1.73. The third kappa shape index (κ3) is 4.65. The number of rotatable bonds is 1. The van der Waals surface area contributed by atoms with Crippen LogP contribution in [0.5, 0.6) is 0 Å². The fourth-order valence-corrected chi connectivity index (χ4v) is 0.929. The number of hydrogen-bond acceptors (Lipinski definition) is 4. The van der Waals surface area contributed by atoms with Crippen molar-refractivity contribution < 1.29 is 19.5 Å². The molecule has 0 atom stereocenters. The Hall–Kier alpha value is -2.56. The molecule has 0 saturated carbocycles. The average molecular weight is 231 g/mol. The number of aromatic carboxylic acids is 1. The van der Waals surface area contributed by atoms with Crippen molar-refractivity contribution >= 4 is 17.5 Å². The summed E-state index contributed by atoms with van der Waals surface area (Å²) in [6, 6.07) is 3.08. The molecule has 5 heteroatoms. The predicted octanol–water partition coefficient (Wildman–Crippen LogP) is 1.03. The van der Waals surface area contributed by atoms with Crippen LogP contribution < -0.4 is 0 Å². The summed E-state index contributed by atoms with van der Waals surface area (Å²) in [5.41, 5.74) is 0.220. The zero-order valence-corrected chi connectivity index (χ0v) is 8.74. The Kier molecular flexibility index (Phi) is 4.50. The zero-order chi connectivity index (χ0) is 12.7. The second-order valence-corrected chi connectivity index (χ2v) is 3.02. The summed E-state index contributed by atoms with van der Waals surface area (Å²) >= 11 is 0. The van der Waals surface area contributed by atoms with Gasteiger partial charge in [0.15, 0.2) is 11.6 Å². The van der Waals surface area contributed by atoms with E-state index in [9.17, 15) is 14.4 Å². The van der Waals surface area contributed by atoms with E-state index >= 15 is 0 Å². The molecule has 0 radical (unpaired) electrons. The van der Waals surface area contributed by atoms with E-state index in [1.807, 2.05) is 0 Å². The summed E-state index contributed by atoms with van der Waals surface area (Å²) in [5, 5.41) is 8.34. The highest BCUT2D eigenvalue weighted by Gasteiger charge is 1.98. The number of aromatic nitrogens is 1. The lowest BCUT2D eigenvalue weighted by molar-refractivity contribution is -0.113. The standard InChI is InChI=1S/C6H5NO2.C6H4O2/c8-6(9)5-2-1-3-7-4-5;7-5-1-2-6(8)4-3-5/h1-4H,(H,8,9);1-4H. The lowest BCUT2D eigenvalue weighted by Crippen LogP contribution is -1.97. The van der Waals surface area contributed by atoms with E-state index in [1.54, 1.807) is 6.07 Å². The first-order valence-corrected chi connectivity index (χ1v) is 4.67. The fraction of sp³-hybridized carbons (Fsp3) is 0. The van der Waals surface area contributed by atoms with Crippen LogP contribution in [0.25, 0.3) is 0 Å². The van der Waals surface area contributed by atoms with Crippen molar-refractivity contribution in [3.05, 3.63) is 54.4 Å². The van der Waals surface area contributed by atoms with Crippen LogP contribution in [0.1, 0.15) is 10.4 Å². The van der Waals surface area contributed by atoms with Gasteiger partial charge < -0.3 is 5.11 Å². The van der Waals surface area contributed by atoms with E-state index in [-0.39, 0.29) is 17.1 Å². The van der Waals surface area contributed by atoms with E-state index in [0.717, 1.165) is 0 Å². The number of hydrogen-bond donors (Lipinski definition) is 1. The average Bonchev–Trinajstić information content (AvgIpc) is 2.35. The molecule has 0 spiro atoms. The van der Waals surface area contributed by atoms with Crippen molar-refractivity contribution in [3.63, 3.8) is 0 Å². The van der Waals surface area contributed by atoms with Gasteiger partial charge >= 0.3 is 5.97 Å². The zero-order valence-electron chi connectivity index (χ0n) is 8.74. The Bertz CT molecular complexity index is 450. The Morgan fingerprint density at radius 2 is 1.59 bits per heavy atom. The van der Waals surface area contributed by atoms with Gasteiger partial charge in [-0.15, -0.1) is 0 Å². The Labute approximate surface area is 97.1 Å². The van der Waals surface area contributed by atoms with Gasteiger partial charge in [-0.05, 0) is 36.4 Å². The van der Waals surface area contributed by atoms with Gasteiger partial charge in [0.2, 0.25) is 0 Å². The van der Waals surface area contributed by atoms with Gasteiger partial charge in [0.1, 0.15) is 0 Å². The van der Waals surface area contributed by atoms with Crippen LogP contribution in [0.3, 0.4) is 0 Å². The number of carboxylic acids is 1. The topological polar surface area (TPSA) is 84.3 Å². The van der Waals surface area contributed by atoms with Gasteiger partial charge in [0, 0.05) is 12.4 Å². The molecule has 86 valence electrons. The Morgan fingerprint density at radius 3 is 1.88 bits per heavy atom. The molecule has 0 unspecified atom stereocenters. The van der Waals surface area contributed by atoms with Crippen molar-refractivity contribution in [3.8, 4) is 0 Å². The molecule has 0 aliphatic heterocycles. The lowest BCUT2D eigenvalue weighted by Gasteiger charge is -1.87. The molecule has 0 saturated heterocycles. The van der Waals surface area contributed by atoms with Crippen LogP contribution in [0, 0.1) is 0 Å². The van der Waals surface area contributed by atoms with Crippen LogP contribution in [0.15, 0.2) is 48.8 Å². The monoisotopic (exact) mass is 231 g/mol. The highest BCUT2D eigenvalue weighted by Crippen LogP contribution is 1.93. The van der Waals surface area contributed by atoms with E-state index in [4.69, 9.17) is 5.11 Å². The number of carboxylic acid groups (broad SMARTS) is 1. The molecule has 1 N–H and O–H groups in total. The van der Waals surface area contributed by atoms with E-state index in [1.165, 1.54) is 42.8 Å². The molecule has 0 bridgehead atoms. The smallest absolute Gasteiger partial charge is 0.337 e. The van der Waals surface area contributed by atoms with Gasteiger partial charge in [0.25, 0.3) is 0 Å². The molecule has 1 aliphatic carbocycles. The van der Waals surface area contributed by atoms with Crippen LogP contribution in [-0.4, -0.2) is 27.6 Å². The SMILES string of the molecule is O=C(O)c1cccnc1.O=C1C=CC(=O)C=C1. The van der Waals surface area contributed by atoms with E-state index in [2.05, 4.69) is 4.98 Å². The number of carbonyl (C=O) groups is 3. The largest absolute Gasteiger partial charge is 0.478 e. The quantitative estimate of drug-likeness (QED) is 0.729. The molecule has 1 aromatic rings. The summed E-state index contributed by atoms with van der Waals surface area (Å²) in [5.74, 6) is -1.18. The highest BCUT2D eigenvalue weighted by atomic mass is 16.4. The molecule has 0 amide bonds. The van der Waals surface area contributed by atoms with Crippen molar-refractivity contribution in [1.29, 1.82) is 0 Å². The molecule has 1 aliphatic rings. The van der Waals surface area contributed by atoms with E-state index < -0.39 is 5.97 Å². The van der Waals surface area contributed by atoms with Crippen molar-refractivity contribution in [2.75, 3.05) is 0 Å². The minimum Gasteiger partial charge on any atom is -0.478 e. The highest BCUT2D eigenvalue weighted by molar-refractivity contribution is 6.14. The Morgan fingerprint density at radius 1 is 1.06 bits per heavy atom. The van der Waals surface area contributed by atoms with Gasteiger partial charge in [-0.3, -0.25) is 14.6 Å². The molecule has 0 aromatic carbocycles. The second kappa shape index (κ2) is 6.12. The summed E-state index contributed by atoms with van der Waals surface area (Å²) in [6.07, 6.45) is 7.85. The van der Waals surface area contributed by atoms with Crippen LogP contribution in [0.2, 0.25) is 0 Å². The molecule has 17 heavy (non-hydrogen) atoms. The second-order valence-electron chi connectivity index (χ2n) is 3.02. The third-order valence-electron chi connectivity index (χ3n) is 1.73. The lowest BCUT2D eigenvalue weighted by atomic mass is 10.2. The van der Waals surface area contributed by atoms with Crippen molar-refractivity contribution in [2.45, 2.75) is 0 Å². The number of nitrogens with zero attached hydrogens (tertiary/aromatic N) is 1. The maximum absolute atomic E-state index is 10.3. The fourth-order valence-electron chi connectivity index (χ4n) is 0.929. The maximum Gasteiger partial charge on any atom is 0.337 e. The molecular formula is C12H9NO4. The van der Waals surface area contributed by atoms with Gasteiger partial charge in [-0.2, -0.15) is 0 Å². The predicted molar refractivity (Wildman–Crippen MR) is 59.5 cm³/mol. The molecule has 2 rings (SSSR count). The Balaban J connectivity index is 0.000000171. The molecule has 1 aromatic heterocycles. The molecule has 0 fully saturated rings. The molecule has 1 heterocycles. The van der Waals surface area contributed by atoms with Gasteiger partial charge in [-0.25, -0.2) is 4.79 Å². The van der Waals surface area contributed by atoms with Gasteiger partial charge in [-0.1, -0.05) is 0 Å². The van der Waals surface area contributed by atoms with Crippen LogP contribution >= 0.6 is 0 Å². The first-order valence-electron chi connectivity index (χ1n) is 4.67. The van der Waals surface area contributed by atoms with Crippen LogP contribution in [0.4, 0.5) is 0 Å². The number of pyridine rings is 1. The molecular weight excluding hydrogens is 222 g/mol. The maximum atomic E-state index is 10.3. The number of ketones is 2. The minimum atomic E-state index is -0.942. The number of carbonyl (C=O) groups excluding carboxylic acids is 2. The summed E-state index contributed by atoms with van der Waals surface area (Å²) in [4.78, 5) is 34.4. The van der Waals surface area contributed by atoms with E-state index in [0.29, 0.717) is 0 Å². The van der Waals surface area contributed by atoms with Crippen molar-refractivity contribution in [2.24, 2.45) is 0 Å². The number of allylic oxidation sites excluding steroid dienone is 4.